The summed E-state index contributed by atoms with van der Waals surface area (Å²) in [7, 11) is 1.21. The fourth-order valence-electron chi connectivity index (χ4n) is 1.03. The van der Waals surface area contributed by atoms with Gasteiger partial charge in [0.05, 0.1) is 13.3 Å². The highest BCUT2D eigenvalue weighted by atomic mass is 19.1. The first-order chi connectivity index (χ1) is 6.74. The minimum absolute atomic E-state index is 0.0552. The first-order valence-electron chi connectivity index (χ1n) is 3.66. The Kier molecular flexibility index (Phi) is 1.84. The Labute approximate surface area is 77.3 Å². The van der Waals surface area contributed by atoms with E-state index in [1.807, 2.05) is 0 Å². The minimum Gasteiger partial charge on any atom is -0.463 e. The third kappa shape index (κ3) is 1.10. The molecule has 0 bridgehead atoms. The number of rotatable bonds is 1. The van der Waals surface area contributed by atoms with Crippen molar-refractivity contribution in [3.05, 3.63) is 24.2 Å². The second-order valence-corrected chi connectivity index (χ2v) is 2.45. The van der Waals surface area contributed by atoms with Crippen LogP contribution < -0.4 is 0 Å². The highest BCUT2D eigenvalue weighted by molar-refractivity contribution is 5.85. The third-order valence-corrected chi connectivity index (χ3v) is 1.66. The van der Waals surface area contributed by atoms with E-state index in [0.717, 1.165) is 10.6 Å². The zero-order valence-electron chi connectivity index (χ0n) is 7.14. The average molecular weight is 196 g/mol. The van der Waals surface area contributed by atoms with Crippen molar-refractivity contribution in [1.82, 2.24) is 19.6 Å². The van der Waals surface area contributed by atoms with Crippen molar-refractivity contribution in [2.75, 3.05) is 7.11 Å². The topological polar surface area (TPSA) is 69.4 Å². The Balaban J connectivity index is 2.72. The molecule has 0 spiro atoms. The van der Waals surface area contributed by atoms with E-state index in [4.69, 9.17) is 0 Å². The Bertz CT molecular complexity index is 495. The summed E-state index contributed by atoms with van der Waals surface area (Å²) < 4.78 is 18.6. The van der Waals surface area contributed by atoms with Gasteiger partial charge >= 0.3 is 5.97 Å². The Morgan fingerprint density at radius 2 is 2.43 bits per heavy atom. The molecule has 0 aliphatic heterocycles. The number of fused-ring (bicyclic) bond motifs is 1. The van der Waals surface area contributed by atoms with Crippen molar-refractivity contribution in [2.45, 2.75) is 0 Å². The second kappa shape index (κ2) is 3.02. The number of halogens is 1. The molecular weight excluding hydrogens is 191 g/mol. The molecule has 0 saturated heterocycles. The fraction of sp³-hybridized carbons (Fsp3) is 0.143. The van der Waals surface area contributed by atoms with Gasteiger partial charge < -0.3 is 4.74 Å². The summed E-state index contributed by atoms with van der Waals surface area (Å²) in [5.41, 5.74) is -0.0552. The van der Waals surface area contributed by atoms with Crippen LogP contribution in [0.15, 0.2) is 12.5 Å². The predicted molar refractivity (Wildman–Crippen MR) is 42.1 cm³/mol. The summed E-state index contributed by atoms with van der Waals surface area (Å²) in [6.07, 6.45) is 2.09. The maximum atomic E-state index is 13.0. The maximum absolute atomic E-state index is 13.0. The van der Waals surface area contributed by atoms with Crippen LogP contribution in [-0.2, 0) is 4.74 Å². The maximum Gasteiger partial charge on any atom is 0.374 e. The molecule has 0 N–H and O–H groups in total. The van der Waals surface area contributed by atoms with Crippen molar-refractivity contribution in [2.24, 2.45) is 0 Å². The molecule has 14 heavy (non-hydrogen) atoms. The van der Waals surface area contributed by atoms with E-state index in [0.29, 0.717) is 0 Å². The first kappa shape index (κ1) is 8.54. The van der Waals surface area contributed by atoms with Crippen LogP contribution in [0.1, 0.15) is 10.6 Å². The van der Waals surface area contributed by atoms with Crippen LogP contribution >= 0.6 is 0 Å². The average Bonchev–Trinajstić information content (AvgIpc) is 2.67. The molecule has 2 aromatic rings. The highest BCUT2D eigenvalue weighted by Gasteiger charge is 2.15. The third-order valence-electron chi connectivity index (χ3n) is 1.66. The van der Waals surface area contributed by atoms with Crippen LogP contribution in [-0.4, -0.2) is 32.7 Å². The normalized spacial score (nSPS) is 10.4. The van der Waals surface area contributed by atoms with E-state index in [9.17, 15) is 9.18 Å². The van der Waals surface area contributed by atoms with E-state index in [1.165, 1.54) is 13.4 Å². The summed E-state index contributed by atoms with van der Waals surface area (Å²) in [4.78, 5) is 14.7. The number of carbonyl (C=O) groups excluding carboxylic acids is 1. The molecule has 0 saturated carbocycles. The van der Waals surface area contributed by atoms with Gasteiger partial charge in [-0.25, -0.2) is 14.2 Å². The van der Waals surface area contributed by atoms with E-state index in [2.05, 4.69) is 19.9 Å². The number of hydrogen-bond acceptors (Lipinski definition) is 5. The summed E-state index contributed by atoms with van der Waals surface area (Å²) in [5.74, 6) is -1.38. The molecule has 0 aliphatic rings. The lowest BCUT2D eigenvalue weighted by atomic mass is 10.5. The van der Waals surface area contributed by atoms with Crippen LogP contribution in [0.2, 0.25) is 0 Å². The van der Waals surface area contributed by atoms with Gasteiger partial charge in [-0.2, -0.15) is 0 Å². The lowest BCUT2D eigenvalue weighted by Gasteiger charge is -2.00. The molecule has 0 amide bonds. The molecule has 6 nitrogen and oxygen atoms in total. The Morgan fingerprint density at radius 3 is 3.14 bits per heavy atom. The van der Waals surface area contributed by atoms with Crippen molar-refractivity contribution in [1.29, 1.82) is 0 Å². The van der Waals surface area contributed by atoms with E-state index >= 15 is 0 Å². The number of methoxy groups -OCH3 is 1. The van der Waals surface area contributed by atoms with Crippen LogP contribution in [0.4, 0.5) is 4.39 Å². The summed E-state index contributed by atoms with van der Waals surface area (Å²) in [6.45, 7) is 0. The van der Waals surface area contributed by atoms with Gasteiger partial charge in [-0.3, -0.25) is 4.40 Å². The number of carbonyl (C=O) groups is 1. The van der Waals surface area contributed by atoms with Crippen LogP contribution in [0.3, 0.4) is 0 Å². The van der Waals surface area contributed by atoms with Gasteiger partial charge in [0.15, 0.2) is 11.5 Å². The van der Waals surface area contributed by atoms with Crippen molar-refractivity contribution < 1.29 is 13.9 Å². The molecule has 7 heteroatoms. The number of esters is 1. The minimum atomic E-state index is -0.671. The molecule has 0 fully saturated rings. The van der Waals surface area contributed by atoms with Crippen molar-refractivity contribution in [3.8, 4) is 0 Å². The lowest BCUT2D eigenvalue weighted by molar-refractivity contribution is 0.0584. The smallest absolute Gasteiger partial charge is 0.374 e. The van der Waals surface area contributed by atoms with Crippen LogP contribution in [0.5, 0.6) is 0 Å². The second-order valence-electron chi connectivity index (χ2n) is 2.45. The van der Waals surface area contributed by atoms with Crippen LogP contribution in [0, 0.1) is 5.82 Å². The number of aromatic nitrogens is 4. The zero-order chi connectivity index (χ0) is 10.1. The van der Waals surface area contributed by atoms with Crippen LogP contribution in [0.25, 0.3) is 5.65 Å². The van der Waals surface area contributed by atoms with Gasteiger partial charge in [0.1, 0.15) is 6.33 Å². The van der Waals surface area contributed by atoms with E-state index in [1.54, 1.807) is 0 Å². The number of nitrogens with zero attached hydrogens (tertiary/aromatic N) is 4. The molecule has 0 radical (unpaired) electrons. The fourth-order valence-corrected chi connectivity index (χ4v) is 1.03. The molecule has 0 aromatic carbocycles. The Morgan fingerprint density at radius 1 is 1.64 bits per heavy atom. The number of hydrogen-bond donors (Lipinski definition) is 0. The molecule has 0 atom stereocenters. The lowest BCUT2D eigenvalue weighted by Crippen LogP contribution is -2.11. The van der Waals surface area contributed by atoms with E-state index in [-0.39, 0.29) is 11.5 Å². The predicted octanol–water partition coefficient (Wildman–Crippen LogP) is 0.0500. The van der Waals surface area contributed by atoms with Gasteiger partial charge in [-0.05, 0) is 0 Å². The van der Waals surface area contributed by atoms with Gasteiger partial charge in [0.2, 0.25) is 5.82 Å². The largest absolute Gasteiger partial charge is 0.463 e. The quantitative estimate of drug-likeness (QED) is 0.603. The SMILES string of the molecule is COC(=O)c1ncc(F)c2nncn12. The monoisotopic (exact) mass is 196 g/mol. The van der Waals surface area contributed by atoms with Gasteiger partial charge in [0.25, 0.3) is 0 Å². The first-order valence-corrected chi connectivity index (χ1v) is 3.66. The summed E-state index contributed by atoms with van der Waals surface area (Å²) >= 11 is 0. The molecule has 2 heterocycles. The summed E-state index contributed by atoms with van der Waals surface area (Å²) in [5, 5.41) is 6.95. The number of ether oxygens (including phenoxy) is 1. The Hall–Kier alpha value is -2.05. The standard InChI is InChI=1S/C7H5FN4O2/c1-14-7(13)6-9-2-4(8)5-11-10-3-12(5)6/h2-3H,1H3. The van der Waals surface area contributed by atoms with Crippen molar-refractivity contribution in [3.63, 3.8) is 0 Å². The molecular formula is C7H5FN4O2. The molecule has 2 rings (SSSR count). The van der Waals surface area contributed by atoms with Crippen molar-refractivity contribution >= 4 is 11.6 Å². The molecule has 2 aromatic heterocycles. The zero-order valence-corrected chi connectivity index (χ0v) is 7.14. The van der Waals surface area contributed by atoms with Gasteiger partial charge in [-0.1, -0.05) is 0 Å². The molecule has 72 valence electrons. The van der Waals surface area contributed by atoms with E-state index < -0.39 is 11.8 Å². The molecule has 0 aliphatic carbocycles. The highest BCUT2D eigenvalue weighted by Crippen LogP contribution is 2.07. The van der Waals surface area contributed by atoms with Gasteiger partial charge in [0, 0.05) is 0 Å². The summed E-state index contributed by atoms with van der Waals surface area (Å²) in [6, 6.07) is 0. The van der Waals surface area contributed by atoms with Gasteiger partial charge in [-0.15, -0.1) is 10.2 Å². The molecule has 0 unspecified atom stereocenters.